The first-order valence-corrected chi connectivity index (χ1v) is 5.22. The van der Waals surface area contributed by atoms with Crippen molar-refractivity contribution in [3.63, 3.8) is 0 Å². The molecule has 1 N–H and O–H groups in total. The van der Waals surface area contributed by atoms with Gasteiger partial charge in [0.1, 0.15) is 0 Å². The van der Waals surface area contributed by atoms with Gasteiger partial charge in [-0.1, -0.05) is 18.2 Å². The number of alkyl halides is 3. The summed E-state index contributed by atoms with van der Waals surface area (Å²) in [7, 11) is 0. The lowest BCUT2D eigenvalue weighted by molar-refractivity contribution is -0.137. The molecule has 1 aromatic rings. The second-order valence-electron chi connectivity index (χ2n) is 4.41. The maximum absolute atomic E-state index is 12.5. The molecular formula is C12H13F3O. The number of rotatable bonds is 2. The first-order valence-electron chi connectivity index (χ1n) is 5.22. The highest BCUT2D eigenvalue weighted by Gasteiger charge is 2.48. The third-order valence-corrected chi connectivity index (χ3v) is 3.35. The minimum atomic E-state index is -4.31. The molecule has 0 spiro atoms. The zero-order valence-corrected chi connectivity index (χ0v) is 8.88. The van der Waals surface area contributed by atoms with Gasteiger partial charge in [0, 0.05) is 5.41 Å². The number of aliphatic hydroxyl groups excluding tert-OH is 1. The molecule has 1 nitrogen and oxygen atoms in total. The van der Waals surface area contributed by atoms with Gasteiger partial charge in [-0.3, -0.25) is 0 Å². The summed E-state index contributed by atoms with van der Waals surface area (Å²) in [6.07, 6.45) is -3.40. The van der Waals surface area contributed by atoms with Crippen LogP contribution in [0.3, 0.4) is 0 Å². The fraction of sp³-hybridized carbons (Fsp3) is 0.500. The molecule has 88 valence electrons. The first-order chi connectivity index (χ1) is 7.36. The van der Waals surface area contributed by atoms with Crippen LogP contribution < -0.4 is 0 Å². The van der Waals surface area contributed by atoms with Gasteiger partial charge < -0.3 is 5.11 Å². The minimum absolute atomic E-state index is 0.443. The van der Waals surface area contributed by atoms with Crippen LogP contribution in [0.25, 0.3) is 0 Å². The Balaban J connectivity index is 2.37. The van der Waals surface area contributed by atoms with Gasteiger partial charge >= 0.3 is 6.18 Å². The molecule has 2 rings (SSSR count). The van der Waals surface area contributed by atoms with Gasteiger partial charge in [-0.25, -0.2) is 0 Å². The van der Waals surface area contributed by atoms with E-state index in [1.165, 1.54) is 6.07 Å². The molecule has 0 radical (unpaired) electrons. The van der Waals surface area contributed by atoms with E-state index in [2.05, 4.69) is 0 Å². The predicted molar refractivity (Wildman–Crippen MR) is 54.0 cm³/mol. The van der Waals surface area contributed by atoms with E-state index in [4.69, 9.17) is 0 Å². The van der Waals surface area contributed by atoms with Gasteiger partial charge in [-0.2, -0.15) is 13.2 Å². The Labute approximate surface area is 91.9 Å². The van der Waals surface area contributed by atoms with Crippen molar-refractivity contribution in [2.75, 3.05) is 0 Å². The number of aliphatic hydroxyl groups is 1. The minimum Gasteiger partial charge on any atom is -0.392 e. The van der Waals surface area contributed by atoms with Crippen molar-refractivity contribution >= 4 is 0 Å². The predicted octanol–water partition coefficient (Wildman–Crippen LogP) is 3.12. The topological polar surface area (TPSA) is 20.2 Å². The summed E-state index contributed by atoms with van der Waals surface area (Å²) in [6, 6.07) is 5.27. The van der Waals surface area contributed by atoms with E-state index < -0.39 is 23.3 Å². The zero-order chi connectivity index (χ0) is 12.0. The molecule has 1 unspecified atom stereocenters. The molecule has 0 heterocycles. The number of halogens is 3. The van der Waals surface area contributed by atoms with Crippen molar-refractivity contribution in [1.82, 2.24) is 0 Å². The van der Waals surface area contributed by atoms with Gasteiger partial charge in [0.2, 0.25) is 0 Å². The summed E-state index contributed by atoms with van der Waals surface area (Å²) in [5.74, 6) is 0. The van der Waals surface area contributed by atoms with Crippen LogP contribution in [0.4, 0.5) is 13.2 Å². The van der Waals surface area contributed by atoms with Crippen molar-refractivity contribution in [2.45, 2.75) is 37.5 Å². The molecule has 1 saturated carbocycles. The summed E-state index contributed by atoms with van der Waals surface area (Å²) >= 11 is 0. The van der Waals surface area contributed by atoms with E-state index in [9.17, 15) is 18.3 Å². The summed E-state index contributed by atoms with van der Waals surface area (Å²) in [6.45, 7) is 1.63. The normalized spacial score (nSPS) is 20.6. The molecule has 16 heavy (non-hydrogen) atoms. The van der Waals surface area contributed by atoms with E-state index in [-0.39, 0.29) is 0 Å². The van der Waals surface area contributed by atoms with Crippen molar-refractivity contribution in [2.24, 2.45) is 0 Å². The SMILES string of the molecule is CC(O)C1(c2cccc(C(F)(F)F)c2)CC1. The van der Waals surface area contributed by atoms with Crippen LogP contribution in [0.2, 0.25) is 0 Å². The molecule has 1 fully saturated rings. The second kappa shape index (κ2) is 3.48. The maximum Gasteiger partial charge on any atom is 0.416 e. The Hall–Kier alpha value is -1.03. The molecule has 0 saturated heterocycles. The summed E-state index contributed by atoms with van der Waals surface area (Å²) < 4.78 is 37.5. The standard InChI is InChI=1S/C12H13F3O/c1-8(16)11(5-6-11)9-3-2-4-10(7-9)12(13,14)15/h2-4,7-8,16H,5-6H2,1H3. The average molecular weight is 230 g/mol. The van der Waals surface area contributed by atoms with Gasteiger partial charge in [0.25, 0.3) is 0 Å². The average Bonchev–Trinajstić information content (AvgIpc) is 2.97. The van der Waals surface area contributed by atoms with Crippen LogP contribution in [0.5, 0.6) is 0 Å². The Bertz CT molecular complexity index is 391. The maximum atomic E-state index is 12.5. The van der Waals surface area contributed by atoms with Gasteiger partial charge in [0.05, 0.1) is 11.7 Å². The molecule has 0 bridgehead atoms. The Morgan fingerprint density at radius 3 is 2.38 bits per heavy atom. The Kier molecular flexibility index (Phi) is 2.49. The van der Waals surface area contributed by atoms with Crippen molar-refractivity contribution in [3.05, 3.63) is 35.4 Å². The Morgan fingerprint density at radius 1 is 1.31 bits per heavy atom. The second-order valence-corrected chi connectivity index (χ2v) is 4.41. The molecule has 1 aromatic carbocycles. The van der Waals surface area contributed by atoms with Crippen molar-refractivity contribution in [3.8, 4) is 0 Å². The van der Waals surface area contributed by atoms with Gasteiger partial charge in [-0.15, -0.1) is 0 Å². The highest BCUT2D eigenvalue weighted by molar-refractivity contribution is 5.36. The van der Waals surface area contributed by atoms with Crippen LogP contribution >= 0.6 is 0 Å². The lowest BCUT2D eigenvalue weighted by Crippen LogP contribution is -2.23. The van der Waals surface area contributed by atoms with Crippen molar-refractivity contribution in [1.29, 1.82) is 0 Å². The smallest absolute Gasteiger partial charge is 0.392 e. The lowest BCUT2D eigenvalue weighted by Gasteiger charge is -2.20. The van der Waals surface area contributed by atoms with Crippen LogP contribution in [-0.2, 0) is 11.6 Å². The number of benzene rings is 1. The molecule has 1 atom stereocenters. The van der Waals surface area contributed by atoms with Crippen LogP contribution in [-0.4, -0.2) is 11.2 Å². The molecule has 1 aliphatic carbocycles. The van der Waals surface area contributed by atoms with E-state index in [0.29, 0.717) is 5.56 Å². The fourth-order valence-electron chi connectivity index (χ4n) is 2.09. The third-order valence-electron chi connectivity index (χ3n) is 3.35. The molecule has 4 heteroatoms. The first kappa shape index (κ1) is 11.5. The lowest BCUT2D eigenvalue weighted by atomic mass is 9.90. The molecule has 0 aliphatic heterocycles. The van der Waals surface area contributed by atoms with E-state index >= 15 is 0 Å². The number of hydrogen-bond acceptors (Lipinski definition) is 1. The van der Waals surface area contributed by atoms with E-state index in [0.717, 1.165) is 25.0 Å². The molecule has 0 aromatic heterocycles. The number of hydrogen-bond donors (Lipinski definition) is 1. The highest BCUT2D eigenvalue weighted by atomic mass is 19.4. The van der Waals surface area contributed by atoms with Gasteiger partial charge in [0.15, 0.2) is 0 Å². The van der Waals surface area contributed by atoms with E-state index in [1.54, 1.807) is 13.0 Å². The third kappa shape index (κ3) is 1.82. The van der Waals surface area contributed by atoms with Crippen molar-refractivity contribution < 1.29 is 18.3 Å². The fourth-order valence-corrected chi connectivity index (χ4v) is 2.09. The molecule has 0 amide bonds. The Morgan fingerprint density at radius 2 is 1.94 bits per heavy atom. The van der Waals surface area contributed by atoms with Gasteiger partial charge in [-0.05, 0) is 31.4 Å². The quantitative estimate of drug-likeness (QED) is 0.827. The van der Waals surface area contributed by atoms with Crippen LogP contribution in [0.15, 0.2) is 24.3 Å². The molecule has 1 aliphatic rings. The largest absolute Gasteiger partial charge is 0.416 e. The zero-order valence-electron chi connectivity index (χ0n) is 8.88. The summed E-state index contributed by atoms with van der Waals surface area (Å²) in [5, 5.41) is 9.61. The highest BCUT2D eigenvalue weighted by Crippen LogP contribution is 2.51. The van der Waals surface area contributed by atoms with Crippen LogP contribution in [0, 0.1) is 0 Å². The summed E-state index contributed by atoms with van der Waals surface area (Å²) in [4.78, 5) is 0. The van der Waals surface area contributed by atoms with Crippen LogP contribution in [0.1, 0.15) is 30.9 Å². The monoisotopic (exact) mass is 230 g/mol. The summed E-state index contributed by atoms with van der Waals surface area (Å²) in [5.41, 5.74) is -0.490. The molecular weight excluding hydrogens is 217 g/mol. The van der Waals surface area contributed by atoms with E-state index in [1.807, 2.05) is 0 Å².